The van der Waals surface area contributed by atoms with E-state index in [1.54, 1.807) is 0 Å². The highest BCUT2D eigenvalue weighted by molar-refractivity contribution is 5.30. The van der Waals surface area contributed by atoms with Crippen molar-refractivity contribution in [3.63, 3.8) is 0 Å². The van der Waals surface area contributed by atoms with E-state index in [9.17, 15) is 0 Å². The summed E-state index contributed by atoms with van der Waals surface area (Å²) in [5.74, 6) is 1.85. The number of ether oxygens (including phenoxy) is 2. The Bertz CT molecular complexity index is 426. The number of hydrogen-bond acceptors (Lipinski definition) is 5. The Hall–Kier alpha value is -1.36. The zero-order valence-corrected chi connectivity index (χ0v) is 12.7. The van der Waals surface area contributed by atoms with Crippen molar-refractivity contribution in [3.8, 4) is 5.88 Å². The minimum Gasteiger partial charge on any atom is -0.478 e. The number of aryl methyl sites for hydroxylation is 1. The Labute approximate surface area is 121 Å². The number of aromatic nitrogens is 2. The van der Waals surface area contributed by atoms with Crippen LogP contribution in [0.3, 0.4) is 0 Å². The number of nitrogens with zero attached hydrogens (tertiary/aromatic N) is 2. The summed E-state index contributed by atoms with van der Waals surface area (Å²) in [7, 11) is 0. The monoisotopic (exact) mass is 279 g/mol. The van der Waals surface area contributed by atoms with E-state index in [0.29, 0.717) is 30.5 Å². The summed E-state index contributed by atoms with van der Waals surface area (Å²) in [6.07, 6.45) is 3.51. The second-order valence-corrected chi connectivity index (χ2v) is 5.27. The average molecular weight is 279 g/mol. The van der Waals surface area contributed by atoms with Crippen molar-refractivity contribution in [1.29, 1.82) is 0 Å². The van der Waals surface area contributed by atoms with Crippen LogP contribution in [0.4, 0.5) is 5.95 Å². The van der Waals surface area contributed by atoms with Crippen LogP contribution in [0.25, 0.3) is 0 Å². The van der Waals surface area contributed by atoms with Crippen LogP contribution in [0, 0.1) is 12.8 Å². The maximum atomic E-state index is 5.70. The summed E-state index contributed by atoms with van der Waals surface area (Å²) in [5, 5.41) is 3.33. The number of rotatable bonds is 7. The van der Waals surface area contributed by atoms with Gasteiger partial charge in [-0.25, -0.2) is 4.98 Å². The van der Waals surface area contributed by atoms with E-state index in [1.807, 2.05) is 13.0 Å². The predicted molar refractivity (Wildman–Crippen MR) is 79.2 cm³/mol. The molecule has 0 bridgehead atoms. The summed E-state index contributed by atoms with van der Waals surface area (Å²) in [6, 6.07) is 1.87. The maximum absolute atomic E-state index is 5.70. The smallest absolute Gasteiger partial charge is 0.226 e. The number of hydrogen-bond donors (Lipinski definition) is 1. The minimum absolute atomic E-state index is 0.364. The lowest BCUT2D eigenvalue weighted by molar-refractivity contribution is 0.0900. The van der Waals surface area contributed by atoms with Gasteiger partial charge in [0.05, 0.1) is 12.7 Å². The molecule has 5 nitrogen and oxygen atoms in total. The van der Waals surface area contributed by atoms with Gasteiger partial charge in [-0.3, -0.25) is 0 Å². The molecule has 20 heavy (non-hydrogen) atoms. The van der Waals surface area contributed by atoms with Crippen molar-refractivity contribution in [2.24, 2.45) is 5.92 Å². The molecule has 0 radical (unpaired) electrons. The van der Waals surface area contributed by atoms with E-state index in [4.69, 9.17) is 9.47 Å². The Balaban J connectivity index is 1.93. The Morgan fingerprint density at radius 3 is 3.00 bits per heavy atom. The van der Waals surface area contributed by atoms with Crippen LogP contribution in [-0.4, -0.2) is 35.8 Å². The lowest BCUT2D eigenvalue weighted by Gasteiger charge is -2.17. The molecule has 1 aromatic heterocycles. The first-order valence-electron chi connectivity index (χ1n) is 7.56. The van der Waals surface area contributed by atoms with Crippen LogP contribution in [0.1, 0.15) is 38.8 Å². The molecule has 5 heteroatoms. The Morgan fingerprint density at radius 2 is 2.25 bits per heavy atom. The van der Waals surface area contributed by atoms with E-state index in [1.165, 1.54) is 0 Å². The van der Waals surface area contributed by atoms with Crippen molar-refractivity contribution >= 4 is 5.95 Å². The molecule has 1 fully saturated rings. The molecule has 2 atom stereocenters. The fourth-order valence-corrected chi connectivity index (χ4v) is 2.50. The minimum atomic E-state index is 0.364. The van der Waals surface area contributed by atoms with Crippen molar-refractivity contribution in [3.05, 3.63) is 11.8 Å². The van der Waals surface area contributed by atoms with E-state index in [2.05, 4.69) is 29.1 Å². The van der Waals surface area contributed by atoms with Crippen LogP contribution in [-0.2, 0) is 4.74 Å². The second-order valence-electron chi connectivity index (χ2n) is 5.27. The zero-order chi connectivity index (χ0) is 14.4. The second kappa shape index (κ2) is 7.43. The molecule has 2 heterocycles. The SMILES string of the molecule is CCCOc1cc(C)nc(NCC2CCOC2CC)n1. The summed E-state index contributed by atoms with van der Waals surface area (Å²) < 4.78 is 11.3. The van der Waals surface area contributed by atoms with E-state index >= 15 is 0 Å². The van der Waals surface area contributed by atoms with E-state index < -0.39 is 0 Å². The third kappa shape index (κ3) is 4.07. The predicted octanol–water partition coefficient (Wildman–Crippen LogP) is 2.80. The first-order chi connectivity index (χ1) is 9.72. The molecule has 2 rings (SSSR count). The van der Waals surface area contributed by atoms with Crippen LogP contribution < -0.4 is 10.1 Å². The average Bonchev–Trinajstić information content (AvgIpc) is 2.90. The van der Waals surface area contributed by atoms with Crippen molar-refractivity contribution in [2.45, 2.75) is 46.1 Å². The molecule has 1 aliphatic heterocycles. The molecule has 112 valence electrons. The quantitative estimate of drug-likeness (QED) is 0.831. The largest absolute Gasteiger partial charge is 0.478 e. The molecule has 2 unspecified atom stereocenters. The number of nitrogens with one attached hydrogen (secondary N) is 1. The summed E-state index contributed by atoms with van der Waals surface area (Å²) in [5.41, 5.74) is 0.920. The molecule has 1 aromatic rings. The van der Waals surface area contributed by atoms with Gasteiger partial charge in [-0.2, -0.15) is 4.98 Å². The first kappa shape index (κ1) is 15.0. The van der Waals surface area contributed by atoms with Gasteiger partial charge >= 0.3 is 0 Å². The molecule has 1 N–H and O–H groups in total. The van der Waals surface area contributed by atoms with Crippen LogP contribution in [0.5, 0.6) is 5.88 Å². The summed E-state index contributed by atoms with van der Waals surface area (Å²) in [6.45, 7) is 8.62. The van der Waals surface area contributed by atoms with Crippen LogP contribution in [0.2, 0.25) is 0 Å². The van der Waals surface area contributed by atoms with Crippen molar-refractivity contribution < 1.29 is 9.47 Å². The Morgan fingerprint density at radius 1 is 1.40 bits per heavy atom. The molecule has 1 saturated heterocycles. The zero-order valence-electron chi connectivity index (χ0n) is 12.7. The highest BCUT2D eigenvalue weighted by Crippen LogP contribution is 2.23. The van der Waals surface area contributed by atoms with Crippen molar-refractivity contribution in [2.75, 3.05) is 25.1 Å². The first-order valence-corrected chi connectivity index (χ1v) is 7.56. The van der Waals surface area contributed by atoms with Gasteiger partial charge in [0.2, 0.25) is 11.8 Å². The van der Waals surface area contributed by atoms with Crippen molar-refractivity contribution in [1.82, 2.24) is 9.97 Å². The van der Waals surface area contributed by atoms with Gasteiger partial charge in [-0.05, 0) is 26.2 Å². The fourth-order valence-electron chi connectivity index (χ4n) is 2.50. The molecule has 0 saturated carbocycles. The van der Waals surface area contributed by atoms with Gasteiger partial charge in [0.25, 0.3) is 0 Å². The normalized spacial score (nSPS) is 21.9. The molecular weight excluding hydrogens is 254 g/mol. The molecular formula is C15H25N3O2. The third-order valence-electron chi connectivity index (χ3n) is 3.56. The highest BCUT2D eigenvalue weighted by Gasteiger charge is 2.26. The van der Waals surface area contributed by atoms with E-state index in [-0.39, 0.29) is 0 Å². The molecule has 1 aliphatic rings. The van der Waals surface area contributed by atoms with Gasteiger partial charge < -0.3 is 14.8 Å². The molecule has 0 aliphatic carbocycles. The molecule has 0 aromatic carbocycles. The molecule has 0 spiro atoms. The fraction of sp³-hybridized carbons (Fsp3) is 0.733. The standard InChI is InChI=1S/C15H25N3O2/c1-4-7-20-14-9-11(3)17-15(18-14)16-10-12-6-8-19-13(12)5-2/h9,12-13H,4-8,10H2,1-3H3,(H,16,17,18). The van der Waals surface area contributed by atoms with Crippen LogP contribution >= 0.6 is 0 Å². The van der Waals surface area contributed by atoms with E-state index in [0.717, 1.165) is 38.1 Å². The lowest BCUT2D eigenvalue weighted by Crippen LogP contribution is -2.23. The highest BCUT2D eigenvalue weighted by atomic mass is 16.5. The van der Waals surface area contributed by atoms with Gasteiger partial charge in [0, 0.05) is 30.8 Å². The van der Waals surface area contributed by atoms with Gasteiger partial charge in [0.15, 0.2) is 0 Å². The van der Waals surface area contributed by atoms with Gasteiger partial charge in [0.1, 0.15) is 0 Å². The van der Waals surface area contributed by atoms with Gasteiger partial charge in [-0.1, -0.05) is 13.8 Å². The Kier molecular flexibility index (Phi) is 5.59. The van der Waals surface area contributed by atoms with Gasteiger partial charge in [-0.15, -0.1) is 0 Å². The van der Waals surface area contributed by atoms with Crippen LogP contribution in [0.15, 0.2) is 6.07 Å². The lowest BCUT2D eigenvalue weighted by atomic mass is 10.00. The summed E-state index contributed by atoms with van der Waals surface area (Å²) in [4.78, 5) is 8.81. The topological polar surface area (TPSA) is 56.3 Å². The molecule has 0 amide bonds. The number of anilines is 1. The maximum Gasteiger partial charge on any atom is 0.226 e. The summed E-state index contributed by atoms with van der Waals surface area (Å²) >= 11 is 0. The third-order valence-corrected chi connectivity index (χ3v) is 3.56.